The van der Waals surface area contributed by atoms with E-state index >= 15 is 0 Å². The summed E-state index contributed by atoms with van der Waals surface area (Å²) in [6, 6.07) is 9.07. The monoisotopic (exact) mass is 343 g/mol. The molecular formula is C17H17N3O5. The van der Waals surface area contributed by atoms with Crippen molar-refractivity contribution in [2.45, 2.75) is 27.1 Å². The number of benzene rings is 1. The molecule has 8 heteroatoms. The van der Waals surface area contributed by atoms with E-state index in [1.807, 2.05) is 38.1 Å². The van der Waals surface area contributed by atoms with Gasteiger partial charge in [-0.25, -0.2) is 4.79 Å². The van der Waals surface area contributed by atoms with Gasteiger partial charge in [0.1, 0.15) is 23.8 Å². The lowest BCUT2D eigenvalue weighted by Crippen LogP contribution is -2.12. The van der Waals surface area contributed by atoms with Crippen LogP contribution in [0.4, 0.5) is 4.79 Å². The van der Waals surface area contributed by atoms with E-state index in [1.165, 1.54) is 0 Å². The van der Waals surface area contributed by atoms with Crippen LogP contribution in [0.2, 0.25) is 0 Å². The molecule has 0 radical (unpaired) electrons. The highest BCUT2D eigenvalue weighted by Crippen LogP contribution is 2.23. The molecule has 0 aliphatic carbocycles. The van der Waals surface area contributed by atoms with Crippen molar-refractivity contribution in [2.75, 3.05) is 0 Å². The zero-order valence-electron chi connectivity index (χ0n) is 13.8. The second-order valence-electron chi connectivity index (χ2n) is 5.40. The van der Waals surface area contributed by atoms with Crippen LogP contribution in [0, 0.1) is 13.8 Å². The second-order valence-corrected chi connectivity index (χ2v) is 5.40. The fourth-order valence-corrected chi connectivity index (χ4v) is 2.24. The molecule has 2 aromatic heterocycles. The summed E-state index contributed by atoms with van der Waals surface area (Å²) in [6.45, 7) is 4.06. The molecule has 0 bridgehead atoms. The normalized spacial score (nSPS) is 10.6. The van der Waals surface area contributed by atoms with Crippen LogP contribution in [0.5, 0.6) is 5.75 Å². The number of amides is 1. The average Bonchev–Trinajstić information content (AvgIpc) is 3.19. The number of rotatable bonds is 6. The molecule has 3 rings (SSSR count). The standard InChI is InChI=1S/C17H17N3O5/c1-10-15(11(2)24-19-10)9-22-13-5-3-12(4-6-13)16-7-14(25-20-16)8-23-17(18)21/h3-7H,8-9H2,1-2H3,(H2,18,21). The molecule has 0 aliphatic heterocycles. The Hall–Kier alpha value is -3.29. The molecule has 130 valence electrons. The third kappa shape index (κ3) is 3.97. The number of aryl methyl sites for hydroxylation is 2. The Balaban J connectivity index is 1.63. The van der Waals surface area contributed by atoms with Gasteiger partial charge >= 0.3 is 6.09 Å². The molecule has 0 fully saturated rings. The predicted molar refractivity (Wildman–Crippen MR) is 86.6 cm³/mol. The van der Waals surface area contributed by atoms with E-state index in [0.29, 0.717) is 23.8 Å². The van der Waals surface area contributed by atoms with Crippen molar-refractivity contribution >= 4 is 6.09 Å². The fraction of sp³-hybridized carbons (Fsp3) is 0.235. The maximum Gasteiger partial charge on any atom is 0.404 e. The van der Waals surface area contributed by atoms with Gasteiger partial charge in [0.05, 0.1) is 11.3 Å². The minimum Gasteiger partial charge on any atom is -0.489 e. The van der Waals surface area contributed by atoms with E-state index in [0.717, 1.165) is 22.6 Å². The number of carbonyl (C=O) groups excluding carboxylic acids is 1. The predicted octanol–water partition coefficient (Wildman–Crippen LogP) is 3.12. The van der Waals surface area contributed by atoms with Gasteiger partial charge in [-0.05, 0) is 38.1 Å². The van der Waals surface area contributed by atoms with E-state index in [2.05, 4.69) is 15.1 Å². The van der Waals surface area contributed by atoms with Crippen molar-refractivity contribution < 1.29 is 23.3 Å². The molecule has 0 aliphatic rings. The van der Waals surface area contributed by atoms with Gasteiger partial charge in [-0.15, -0.1) is 0 Å². The lowest BCUT2D eigenvalue weighted by atomic mass is 10.1. The minimum atomic E-state index is -0.863. The van der Waals surface area contributed by atoms with E-state index in [-0.39, 0.29) is 6.61 Å². The van der Waals surface area contributed by atoms with E-state index in [4.69, 9.17) is 19.5 Å². The van der Waals surface area contributed by atoms with Crippen molar-refractivity contribution in [3.8, 4) is 17.0 Å². The van der Waals surface area contributed by atoms with Crippen LogP contribution in [-0.4, -0.2) is 16.4 Å². The molecule has 25 heavy (non-hydrogen) atoms. The summed E-state index contributed by atoms with van der Waals surface area (Å²) in [5, 5.41) is 7.83. The number of hydrogen-bond acceptors (Lipinski definition) is 7. The smallest absolute Gasteiger partial charge is 0.404 e. The van der Waals surface area contributed by atoms with Gasteiger partial charge in [0.15, 0.2) is 12.4 Å². The number of nitrogens with zero attached hydrogens (tertiary/aromatic N) is 2. The van der Waals surface area contributed by atoms with Crippen LogP contribution in [0.25, 0.3) is 11.3 Å². The SMILES string of the molecule is Cc1noc(C)c1COc1ccc(-c2cc(COC(N)=O)on2)cc1. The Bertz CT molecular complexity index is 847. The van der Waals surface area contributed by atoms with Crippen LogP contribution in [0.3, 0.4) is 0 Å². The Labute approximate surface area is 143 Å². The zero-order valence-corrected chi connectivity index (χ0v) is 13.8. The molecule has 0 saturated heterocycles. The summed E-state index contributed by atoms with van der Waals surface area (Å²) < 4.78 is 20.6. The molecule has 0 atom stereocenters. The lowest BCUT2D eigenvalue weighted by Gasteiger charge is -2.06. The maximum atomic E-state index is 10.6. The van der Waals surface area contributed by atoms with Crippen LogP contribution < -0.4 is 10.5 Å². The van der Waals surface area contributed by atoms with Gasteiger partial charge in [0.2, 0.25) is 0 Å². The van der Waals surface area contributed by atoms with Gasteiger partial charge < -0.3 is 24.3 Å². The van der Waals surface area contributed by atoms with Crippen molar-refractivity contribution in [1.82, 2.24) is 10.3 Å². The molecule has 2 heterocycles. The number of hydrogen-bond donors (Lipinski definition) is 1. The van der Waals surface area contributed by atoms with E-state index < -0.39 is 6.09 Å². The molecule has 0 saturated carbocycles. The molecule has 2 N–H and O–H groups in total. The Morgan fingerprint density at radius 1 is 1.12 bits per heavy atom. The van der Waals surface area contributed by atoms with Crippen LogP contribution in [0.1, 0.15) is 22.8 Å². The molecule has 3 aromatic rings. The van der Waals surface area contributed by atoms with Gasteiger partial charge in [-0.3, -0.25) is 0 Å². The number of carbonyl (C=O) groups is 1. The molecule has 1 amide bonds. The summed E-state index contributed by atoms with van der Waals surface area (Å²) in [6.07, 6.45) is -0.863. The molecule has 1 aromatic carbocycles. The highest BCUT2D eigenvalue weighted by Gasteiger charge is 2.11. The second kappa shape index (κ2) is 7.08. The Morgan fingerprint density at radius 3 is 2.52 bits per heavy atom. The summed E-state index contributed by atoms with van der Waals surface area (Å²) in [5.74, 6) is 1.87. The zero-order chi connectivity index (χ0) is 17.8. The highest BCUT2D eigenvalue weighted by atomic mass is 16.6. The molecule has 0 unspecified atom stereocenters. The maximum absolute atomic E-state index is 10.6. The summed E-state index contributed by atoms with van der Waals surface area (Å²) in [4.78, 5) is 10.6. The first-order valence-corrected chi connectivity index (χ1v) is 7.55. The third-order valence-electron chi connectivity index (χ3n) is 3.63. The summed E-state index contributed by atoms with van der Waals surface area (Å²) in [7, 11) is 0. The van der Waals surface area contributed by atoms with Crippen molar-refractivity contribution in [3.05, 3.63) is 53.1 Å². The quantitative estimate of drug-likeness (QED) is 0.731. The largest absolute Gasteiger partial charge is 0.489 e. The molecule has 8 nitrogen and oxygen atoms in total. The summed E-state index contributed by atoms with van der Waals surface area (Å²) in [5.41, 5.74) is 8.15. The Morgan fingerprint density at radius 2 is 1.88 bits per heavy atom. The first kappa shape index (κ1) is 16.6. The highest BCUT2D eigenvalue weighted by molar-refractivity contribution is 5.64. The van der Waals surface area contributed by atoms with Crippen LogP contribution in [-0.2, 0) is 18.0 Å². The van der Waals surface area contributed by atoms with Gasteiger partial charge in [-0.2, -0.15) is 0 Å². The number of primary amides is 1. The first-order valence-electron chi connectivity index (χ1n) is 7.55. The van der Waals surface area contributed by atoms with Crippen LogP contribution >= 0.6 is 0 Å². The number of ether oxygens (including phenoxy) is 2. The lowest BCUT2D eigenvalue weighted by molar-refractivity contribution is 0.137. The minimum absolute atomic E-state index is 0.0546. The van der Waals surface area contributed by atoms with E-state index in [9.17, 15) is 4.79 Å². The number of nitrogens with two attached hydrogens (primary N) is 1. The first-order chi connectivity index (χ1) is 12.0. The third-order valence-corrected chi connectivity index (χ3v) is 3.63. The van der Waals surface area contributed by atoms with Gasteiger partial charge in [0.25, 0.3) is 0 Å². The van der Waals surface area contributed by atoms with Crippen molar-refractivity contribution in [1.29, 1.82) is 0 Å². The van der Waals surface area contributed by atoms with Crippen molar-refractivity contribution in [3.63, 3.8) is 0 Å². The van der Waals surface area contributed by atoms with Gasteiger partial charge in [-0.1, -0.05) is 10.3 Å². The van der Waals surface area contributed by atoms with Crippen molar-refractivity contribution in [2.24, 2.45) is 5.73 Å². The fourth-order valence-electron chi connectivity index (χ4n) is 2.24. The van der Waals surface area contributed by atoms with Gasteiger partial charge in [0, 0.05) is 11.6 Å². The van der Waals surface area contributed by atoms with E-state index in [1.54, 1.807) is 6.07 Å². The molecular weight excluding hydrogens is 326 g/mol. The van der Waals surface area contributed by atoms with Crippen LogP contribution in [0.15, 0.2) is 39.4 Å². The average molecular weight is 343 g/mol. The molecule has 0 spiro atoms. The number of aromatic nitrogens is 2. The topological polar surface area (TPSA) is 114 Å². The Kier molecular flexibility index (Phi) is 4.69. The summed E-state index contributed by atoms with van der Waals surface area (Å²) >= 11 is 0.